The van der Waals surface area contributed by atoms with Crippen LogP contribution in [0, 0.1) is 0 Å². The summed E-state index contributed by atoms with van der Waals surface area (Å²) in [5, 5.41) is 0. The molecule has 1 aromatic rings. The standard InChI is InChI=1S/C21H26F4N4O2/c1-6-15(22)8-7-14(2)16-13-28(19(30)31-20(3,4)5)11-12-29(16)18-26-10-9-17(27-18)21(23,24)25/h6-10,16H,2,11-13H2,1,3-5H3/b8-7-,15-6+/t16-/m0/s1. The monoisotopic (exact) mass is 442 g/mol. The summed E-state index contributed by atoms with van der Waals surface area (Å²) in [6, 6.07) is 0.108. The molecule has 1 amide bonds. The molecule has 1 aliphatic rings. The predicted molar refractivity (Wildman–Crippen MR) is 109 cm³/mol. The second kappa shape index (κ2) is 9.49. The number of aromatic nitrogens is 2. The van der Waals surface area contributed by atoms with Gasteiger partial charge in [-0.2, -0.15) is 13.2 Å². The normalized spacial score (nSPS) is 18.5. The molecule has 0 unspecified atom stereocenters. The van der Waals surface area contributed by atoms with Gasteiger partial charge in [0.05, 0.1) is 6.04 Å². The van der Waals surface area contributed by atoms with Crippen molar-refractivity contribution in [3.8, 4) is 0 Å². The topological polar surface area (TPSA) is 58.6 Å². The summed E-state index contributed by atoms with van der Waals surface area (Å²) in [6.45, 7) is 11.0. The first-order valence-corrected chi connectivity index (χ1v) is 9.65. The molecule has 0 N–H and O–H groups in total. The molecule has 31 heavy (non-hydrogen) atoms. The first-order valence-electron chi connectivity index (χ1n) is 9.65. The number of ether oxygens (including phenoxy) is 1. The first-order chi connectivity index (χ1) is 14.3. The lowest BCUT2D eigenvalue weighted by Gasteiger charge is -2.42. The van der Waals surface area contributed by atoms with Crippen molar-refractivity contribution in [1.82, 2.24) is 14.9 Å². The summed E-state index contributed by atoms with van der Waals surface area (Å²) in [5.41, 5.74) is -1.40. The fourth-order valence-electron chi connectivity index (χ4n) is 2.87. The van der Waals surface area contributed by atoms with Crippen LogP contribution >= 0.6 is 0 Å². The maximum absolute atomic E-state index is 13.5. The molecule has 6 nitrogen and oxygen atoms in total. The molecule has 0 aromatic carbocycles. The average Bonchev–Trinajstić information content (AvgIpc) is 2.69. The van der Waals surface area contributed by atoms with Gasteiger partial charge in [0.15, 0.2) is 0 Å². The predicted octanol–water partition coefficient (Wildman–Crippen LogP) is 4.91. The number of piperazine rings is 1. The molecule has 10 heteroatoms. The van der Waals surface area contributed by atoms with Crippen molar-refractivity contribution in [1.29, 1.82) is 0 Å². The Hall–Kier alpha value is -2.91. The van der Waals surface area contributed by atoms with Crippen molar-refractivity contribution >= 4 is 12.0 Å². The maximum atomic E-state index is 13.5. The smallest absolute Gasteiger partial charge is 0.433 e. The molecule has 1 aliphatic heterocycles. The van der Waals surface area contributed by atoms with Crippen molar-refractivity contribution in [3.63, 3.8) is 0 Å². The van der Waals surface area contributed by atoms with E-state index in [4.69, 9.17) is 4.74 Å². The average molecular weight is 442 g/mol. The minimum atomic E-state index is -4.63. The van der Waals surface area contributed by atoms with E-state index in [-0.39, 0.29) is 25.6 Å². The van der Waals surface area contributed by atoms with Crippen LogP contribution in [0.15, 0.2) is 48.5 Å². The van der Waals surface area contributed by atoms with Crippen LogP contribution in [-0.4, -0.2) is 52.2 Å². The molecule has 1 saturated heterocycles. The van der Waals surface area contributed by atoms with Crippen LogP contribution in [0.2, 0.25) is 0 Å². The zero-order valence-corrected chi connectivity index (χ0v) is 17.9. The number of anilines is 1. The number of carbonyl (C=O) groups excluding carboxylic acids is 1. The van der Waals surface area contributed by atoms with Gasteiger partial charge in [-0.15, -0.1) is 0 Å². The second-order valence-corrected chi connectivity index (χ2v) is 7.96. The molecule has 2 rings (SSSR count). The Bertz CT molecular complexity index is 875. The van der Waals surface area contributed by atoms with Gasteiger partial charge in [0.25, 0.3) is 0 Å². The van der Waals surface area contributed by atoms with E-state index in [0.717, 1.165) is 12.3 Å². The van der Waals surface area contributed by atoms with Gasteiger partial charge in [0.1, 0.15) is 17.1 Å². The third-order valence-electron chi connectivity index (χ3n) is 4.38. The van der Waals surface area contributed by atoms with Crippen molar-refractivity contribution in [2.24, 2.45) is 0 Å². The van der Waals surface area contributed by atoms with Crippen molar-refractivity contribution in [3.05, 3.63) is 54.2 Å². The molecule has 1 fully saturated rings. The van der Waals surface area contributed by atoms with Crippen LogP contribution in [0.4, 0.5) is 28.3 Å². The summed E-state index contributed by atoms with van der Waals surface area (Å²) in [4.78, 5) is 23.1. The highest BCUT2D eigenvalue weighted by Crippen LogP contribution is 2.30. The number of hydrogen-bond donors (Lipinski definition) is 0. The van der Waals surface area contributed by atoms with E-state index >= 15 is 0 Å². The van der Waals surface area contributed by atoms with E-state index in [1.165, 1.54) is 35.0 Å². The molecule has 0 spiro atoms. The number of amides is 1. The van der Waals surface area contributed by atoms with E-state index in [1.54, 1.807) is 20.8 Å². The first kappa shape index (κ1) is 24.4. The van der Waals surface area contributed by atoms with Gasteiger partial charge < -0.3 is 14.5 Å². The van der Waals surface area contributed by atoms with Crippen LogP contribution < -0.4 is 4.90 Å². The van der Waals surface area contributed by atoms with Gasteiger partial charge in [-0.1, -0.05) is 18.7 Å². The summed E-state index contributed by atoms with van der Waals surface area (Å²) in [6.07, 6.45) is -0.291. The lowest BCUT2D eigenvalue weighted by Crippen LogP contribution is -2.56. The highest BCUT2D eigenvalue weighted by Gasteiger charge is 2.37. The number of hydrogen-bond acceptors (Lipinski definition) is 5. The highest BCUT2D eigenvalue weighted by atomic mass is 19.4. The van der Waals surface area contributed by atoms with E-state index in [9.17, 15) is 22.4 Å². The number of carbonyl (C=O) groups is 1. The third-order valence-corrected chi connectivity index (χ3v) is 4.38. The third kappa shape index (κ3) is 6.80. The summed E-state index contributed by atoms with van der Waals surface area (Å²) >= 11 is 0. The van der Waals surface area contributed by atoms with Gasteiger partial charge in [0, 0.05) is 25.8 Å². The van der Waals surface area contributed by atoms with Crippen LogP contribution in [0.1, 0.15) is 33.4 Å². The Kier molecular flexibility index (Phi) is 7.45. The quantitative estimate of drug-likeness (QED) is 0.490. The van der Waals surface area contributed by atoms with Crippen molar-refractivity contribution in [2.45, 2.75) is 45.5 Å². The van der Waals surface area contributed by atoms with E-state index < -0.39 is 35.4 Å². The molecule has 170 valence electrons. The molecule has 0 radical (unpaired) electrons. The SMILES string of the molecule is C=C(/C=C\C(F)=C/C)[C@@H]1CN(C(=O)OC(C)(C)C)CCN1c1nccc(C(F)(F)F)n1. The Labute approximate surface area is 178 Å². The Morgan fingerprint density at radius 2 is 1.94 bits per heavy atom. The summed E-state index contributed by atoms with van der Waals surface area (Å²) in [7, 11) is 0. The lowest BCUT2D eigenvalue weighted by molar-refractivity contribution is -0.141. The van der Waals surface area contributed by atoms with E-state index in [0.29, 0.717) is 5.57 Å². The van der Waals surface area contributed by atoms with Crippen LogP contribution in [-0.2, 0) is 10.9 Å². The van der Waals surface area contributed by atoms with Gasteiger partial charge in [0.2, 0.25) is 5.95 Å². The number of allylic oxidation sites excluding steroid dienone is 3. The van der Waals surface area contributed by atoms with Gasteiger partial charge in [-0.05, 0) is 45.4 Å². The molecular formula is C21H26F4N4O2. The number of halogens is 4. The summed E-state index contributed by atoms with van der Waals surface area (Å²) < 4.78 is 58.3. The fourth-order valence-corrected chi connectivity index (χ4v) is 2.87. The number of nitrogens with zero attached hydrogens (tertiary/aromatic N) is 4. The molecule has 1 atom stereocenters. The zero-order chi connectivity index (χ0) is 23.4. The lowest BCUT2D eigenvalue weighted by atomic mass is 10.0. The van der Waals surface area contributed by atoms with Crippen LogP contribution in [0.25, 0.3) is 0 Å². The molecule has 0 aliphatic carbocycles. The Morgan fingerprint density at radius 3 is 2.52 bits per heavy atom. The van der Waals surface area contributed by atoms with E-state index in [2.05, 4.69) is 16.5 Å². The van der Waals surface area contributed by atoms with Gasteiger partial charge in [-0.25, -0.2) is 19.2 Å². The highest BCUT2D eigenvalue weighted by molar-refractivity contribution is 5.69. The Balaban J connectivity index is 2.35. The molecule has 2 heterocycles. The Morgan fingerprint density at radius 1 is 1.26 bits per heavy atom. The minimum Gasteiger partial charge on any atom is -0.444 e. The van der Waals surface area contributed by atoms with Crippen LogP contribution in [0.3, 0.4) is 0 Å². The maximum Gasteiger partial charge on any atom is 0.433 e. The number of alkyl halides is 3. The van der Waals surface area contributed by atoms with Crippen molar-refractivity contribution < 1.29 is 27.1 Å². The fraction of sp³-hybridized carbons (Fsp3) is 0.476. The zero-order valence-electron chi connectivity index (χ0n) is 17.9. The van der Waals surface area contributed by atoms with Crippen molar-refractivity contribution in [2.75, 3.05) is 24.5 Å². The summed E-state index contributed by atoms with van der Waals surface area (Å²) in [5.74, 6) is -0.646. The number of rotatable bonds is 4. The minimum absolute atomic E-state index is 0.0646. The molecular weight excluding hydrogens is 416 g/mol. The van der Waals surface area contributed by atoms with Gasteiger partial charge in [-0.3, -0.25) is 0 Å². The molecule has 1 aromatic heterocycles. The molecule has 0 saturated carbocycles. The van der Waals surface area contributed by atoms with Crippen LogP contribution in [0.5, 0.6) is 0 Å². The van der Waals surface area contributed by atoms with E-state index in [1.807, 2.05) is 0 Å². The molecule has 0 bridgehead atoms. The second-order valence-electron chi connectivity index (χ2n) is 7.96. The van der Waals surface area contributed by atoms with Gasteiger partial charge >= 0.3 is 12.3 Å². The largest absolute Gasteiger partial charge is 0.444 e.